The molecule has 134 valence electrons. The lowest BCUT2D eigenvalue weighted by molar-refractivity contribution is -0.178. The lowest BCUT2D eigenvalue weighted by atomic mass is 9.78. The molecule has 0 amide bonds. The number of ether oxygens (including phenoxy) is 3. The van der Waals surface area contributed by atoms with Crippen LogP contribution in [0.4, 0.5) is 0 Å². The molecule has 2 aliphatic heterocycles. The van der Waals surface area contributed by atoms with Gasteiger partial charge in [-0.15, -0.1) is 0 Å². The average molecular weight is 431 g/mol. The van der Waals surface area contributed by atoms with Gasteiger partial charge in [-0.3, -0.25) is 4.79 Å². The molecule has 0 radical (unpaired) electrons. The van der Waals surface area contributed by atoms with Crippen molar-refractivity contribution in [2.75, 3.05) is 13.2 Å². The van der Waals surface area contributed by atoms with E-state index in [9.17, 15) is 10.0 Å². The molecule has 1 aromatic rings. The highest BCUT2D eigenvalue weighted by Crippen LogP contribution is 2.42. The van der Waals surface area contributed by atoms with Crippen LogP contribution in [0.5, 0.6) is 5.75 Å². The quantitative estimate of drug-likeness (QED) is 0.575. The van der Waals surface area contributed by atoms with Crippen molar-refractivity contribution in [3.8, 4) is 5.75 Å². The molecule has 0 bridgehead atoms. The van der Waals surface area contributed by atoms with Crippen molar-refractivity contribution in [1.82, 2.24) is 0 Å². The fraction of sp³-hybridized carbons (Fsp3) is 0.529. The molecule has 8 heteroatoms. The second-order valence-corrected chi connectivity index (χ2v) is 7.84. The van der Waals surface area contributed by atoms with Crippen molar-refractivity contribution in [2.24, 2.45) is 11.1 Å². The minimum absolute atomic E-state index is 0.120. The lowest BCUT2D eigenvalue weighted by Crippen LogP contribution is -2.46. The van der Waals surface area contributed by atoms with Crippen LogP contribution in [0, 0.1) is 5.92 Å². The van der Waals surface area contributed by atoms with E-state index in [1.165, 1.54) is 0 Å². The Labute approximate surface area is 158 Å². The molecule has 4 rings (SSSR count). The monoisotopic (exact) mass is 429 g/mol. The van der Waals surface area contributed by atoms with Gasteiger partial charge in [-0.2, -0.15) is 0 Å². The summed E-state index contributed by atoms with van der Waals surface area (Å²) in [5.74, 6) is -0.802. The molecule has 2 atom stereocenters. The van der Waals surface area contributed by atoms with Crippen LogP contribution in [-0.2, 0) is 20.7 Å². The predicted octanol–water partition coefficient (Wildman–Crippen LogP) is 3.35. The molecular weight excluding hydrogens is 414 g/mol. The predicted molar refractivity (Wildman–Crippen MR) is 93.5 cm³/mol. The summed E-state index contributed by atoms with van der Waals surface area (Å²) in [6.07, 6.45) is 1.20. The van der Waals surface area contributed by atoms with Crippen LogP contribution in [0.25, 0.3) is 0 Å². The number of carbonyl (C=O) groups excluding carboxylic acids is 1. The van der Waals surface area contributed by atoms with Gasteiger partial charge in [0.2, 0.25) is 0 Å². The van der Waals surface area contributed by atoms with Crippen molar-refractivity contribution in [3.05, 3.63) is 27.2 Å². The van der Waals surface area contributed by atoms with E-state index >= 15 is 0 Å². The van der Waals surface area contributed by atoms with Gasteiger partial charge >= 0.3 is 0 Å². The minimum Gasteiger partial charge on any atom is -0.481 e. The van der Waals surface area contributed by atoms with Crippen LogP contribution in [0.15, 0.2) is 21.8 Å². The third-order valence-corrected chi connectivity index (χ3v) is 5.84. The molecular formula is C17H17BrClNO5. The van der Waals surface area contributed by atoms with E-state index < -0.39 is 17.8 Å². The SMILES string of the molecule is O=C(C1CC2(CCC1=NO)OCCO2)[C@H]1Cc2cc(Cl)cc(Br)c2O1. The highest BCUT2D eigenvalue weighted by Gasteiger charge is 2.48. The number of nitrogens with zero attached hydrogens (tertiary/aromatic N) is 1. The Morgan fingerprint density at radius 3 is 2.84 bits per heavy atom. The maximum absolute atomic E-state index is 13.1. The number of Topliss-reactive ketones (excluding diaryl/α,β-unsaturated/α-hetero) is 1. The van der Waals surface area contributed by atoms with Gasteiger partial charge in [0, 0.05) is 29.8 Å². The molecule has 0 aromatic heterocycles. The van der Waals surface area contributed by atoms with E-state index in [1.807, 2.05) is 6.07 Å². The maximum atomic E-state index is 13.1. The number of rotatable bonds is 2. The molecule has 3 aliphatic rings. The van der Waals surface area contributed by atoms with Gasteiger partial charge in [0.15, 0.2) is 17.7 Å². The summed E-state index contributed by atoms with van der Waals surface area (Å²) >= 11 is 9.50. The summed E-state index contributed by atoms with van der Waals surface area (Å²) < 4.78 is 18.1. The smallest absolute Gasteiger partial charge is 0.182 e. The minimum atomic E-state index is -0.746. The summed E-state index contributed by atoms with van der Waals surface area (Å²) in [7, 11) is 0. The van der Waals surface area contributed by atoms with Gasteiger partial charge in [0.1, 0.15) is 5.75 Å². The topological polar surface area (TPSA) is 77.4 Å². The van der Waals surface area contributed by atoms with E-state index in [4.69, 9.17) is 25.8 Å². The first-order valence-electron chi connectivity index (χ1n) is 8.18. The van der Waals surface area contributed by atoms with Gasteiger partial charge < -0.3 is 19.4 Å². The Bertz CT molecular complexity index is 747. The van der Waals surface area contributed by atoms with Gasteiger partial charge in [-0.05, 0) is 34.5 Å². The van der Waals surface area contributed by atoms with Crippen LogP contribution in [0.1, 0.15) is 24.8 Å². The molecule has 1 aliphatic carbocycles. The zero-order valence-corrected chi connectivity index (χ0v) is 15.7. The van der Waals surface area contributed by atoms with Crippen molar-refractivity contribution in [2.45, 2.75) is 37.6 Å². The van der Waals surface area contributed by atoms with Gasteiger partial charge in [-0.25, -0.2) is 0 Å². The maximum Gasteiger partial charge on any atom is 0.182 e. The number of halogens is 2. The summed E-state index contributed by atoms with van der Waals surface area (Å²) in [4.78, 5) is 13.1. The van der Waals surface area contributed by atoms with Crippen LogP contribution in [-0.4, -0.2) is 41.8 Å². The standard InChI is InChI=1S/C17H17BrClNO5/c18-12-7-10(19)5-9-6-14(25-16(9)12)15(21)11-8-17(23-3-4-24-17)2-1-13(11)20-22/h5,7,11,14,22H,1-4,6,8H2/t11?,14-/m1/s1. The van der Waals surface area contributed by atoms with Gasteiger partial charge in [0.25, 0.3) is 0 Å². The highest BCUT2D eigenvalue weighted by molar-refractivity contribution is 9.10. The molecule has 1 N–H and O–H groups in total. The number of oxime groups is 1. The van der Waals surface area contributed by atoms with Crippen LogP contribution in [0.2, 0.25) is 5.02 Å². The third kappa shape index (κ3) is 3.07. The number of carbonyl (C=O) groups is 1. The first kappa shape index (κ1) is 17.3. The Morgan fingerprint density at radius 2 is 2.12 bits per heavy atom. The van der Waals surface area contributed by atoms with E-state index in [-0.39, 0.29) is 5.78 Å². The molecule has 1 spiro atoms. The zero-order chi connectivity index (χ0) is 17.6. The van der Waals surface area contributed by atoms with Crippen molar-refractivity contribution in [1.29, 1.82) is 0 Å². The fourth-order valence-electron chi connectivity index (χ4n) is 3.83. The van der Waals surface area contributed by atoms with Crippen LogP contribution >= 0.6 is 27.5 Å². The number of fused-ring (bicyclic) bond motifs is 1. The van der Waals surface area contributed by atoms with Crippen molar-refractivity contribution in [3.63, 3.8) is 0 Å². The molecule has 2 fully saturated rings. The molecule has 2 heterocycles. The summed E-state index contributed by atoms with van der Waals surface area (Å²) in [6.45, 7) is 1.03. The zero-order valence-electron chi connectivity index (χ0n) is 13.3. The van der Waals surface area contributed by atoms with E-state index in [2.05, 4.69) is 21.1 Å². The fourth-order valence-corrected chi connectivity index (χ4v) is 4.80. The highest BCUT2D eigenvalue weighted by atomic mass is 79.9. The second-order valence-electron chi connectivity index (χ2n) is 6.54. The second kappa shape index (κ2) is 6.54. The van der Waals surface area contributed by atoms with Crippen molar-refractivity contribution < 1.29 is 24.2 Å². The van der Waals surface area contributed by atoms with Crippen molar-refractivity contribution >= 4 is 39.0 Å². The molecule has 6 nitrogen and oxygen atoms in total. The molecule has 25 heavy (non-hydrogen) atoms. The third-order valence-electron chi connectivity index (χ3n) is 5.03. The van der Waals surface area contributed by atoms with Crippen LogP contribution < -0.4 is 4.74 Å². The van der Waals surface area contributed by atoms with E-state index in [0.717, 1.165) is 10.0 Å². The number of hydrogen-bond acceptors (Lipinski definition) is 6. The Hall–Kier alpha value is -1.15. The molecule has 1 unspecified atom stereocenters. The Kier molecular flexibility index (Phi) is 4.52. The normalized spacial score (nSPS) is 29.0. The van der Waals surface area contributed by atoms with E-state index in [1.54, 1.807) is 6.07 Å². The Morgan fingerprint density at radius 1 is 1.36 bits per heavy atom. The van der Waals surface area contributed by atoms with E-state index in [0.29, 0.717) is 55.4 Å². The summed E-state index contributed by atoms with van der Waals surface area (Å²) in [5.41, 5.74) is 1.35. The lowest BCUT2D eigenvalue weighted by Gasteiger charge is -2.36. The Balaban J connectivity index is 1.56. The first-order valence-corrected chi connectivity index (χ1v) is 9.35. The average Bonchev–Trinajstić information content (AvgIpc) is 3.21. The number of benzene rings is 1. The molecule has 1 saturated carbocycles. The molecule has 1 saturated heterocycles. The van der Waals surface area contributed by atoms with Crippen LogP contribution in [0.3, 0.4) is 0 Å². The number of hydrogen-bond donors (Lipinski definition) is 1. The summed E-state index contributed by atoms with van der Waals surface area (Å²) in [5, 5.41) is 13.3. The number of ketones is 1. The van der Waals surface area contributed by atoms with Gasteiger partial charge in [-0.1, -0.05) is 16.8 Å². The van der Waals surface area contributed by atoms with Gasteiger partial charge in [0.05, 0.1) is 29.3 Å². The summed E-state index contributed by atoms with van der Waals surface area (Å²) in [6, 6.07) is 3.55. The molecule has 1 aromatic carbocycles. The largest absolute Gasteiger partial charge is 0.481 e. The first-order chi connectivity index (χ1) is 12.0.